The van der Waals surface area contributed by atoms with Crippen LogP contribution in [0.25, 0.3) is 0 Å². The predicted octanol–water partition coefficient (Wildman–Crippen LogP) is 2.14. The molecule has 5 nitrogen and oxygen atoms in total. The van der Waals surface area contributed by atoms with Gasteiger partial charge in [-0.15, -0.1) is 0 Å². The second-order valence-corrected chi connectivity index (χ2v) is 5.26. The molecule has 23 heavy (non-hydrogen) atoms. The van der Waals surface area contributed by atoms with Gasteiger partial charge in [-0.3, -0.25) is 4.79 Å². The summed E-state index contributed by atoms with van der Waals surface area (Å²) >= 11 is 0. The number of carboxylic acids is 1. The molecule has 0 saturated heterocycles. The van der Waals surface area contributed by atoms with Crippen LogP contribution in [0.1, 0.15) is 21.5 Å². The molecule has 0 spiro atoms. The third kappa shape index (κ3) is 3.15. The molecule has 1 aliphatic heterocycles. The van der Waals surface area contributed by atoms with Gasteiger partial charge in [0.1, 0.15) is 0 Å². The first kappa shape index (κ1) is 15.0. The molecule has 0 aliphatic carbocycles. The van der Waals surface area contributed by atoms with Gasteiger partial charge in [-0.2, -0.15) is 0 Å². The van der Waals surface area contributed by atoms with Crippen molar-refractivity contribution in [3.05, 3.63) is 65.0 Å². The largest absolute Gasteiger partial charge is 0.478 e. The van der Waals surface area contributed by atoms with E-state index in [1.807, 2.05) is 0 Å². The highest BCUT2D eigenvalue weighted by atomic mass is 19.1. The molecule has 2 N–H and O–H groups in total. The first-order valence-electron chi connectivity index (χ1n) is 7.08. The Kier molecular flexibility index (Phi) is 3.97. The number of rotatable bonds is 4. The lowest BCUT2D eigenvalue weighted by Crippen LogP contribution is -2.37. The van der Waals surface area contributed by atoms with Gasteiger partial charge in [0.2, 0.25) is 0 Å². The Bertz CT molecular complexity index is 775. The fourth-order valence-corrected chi connectivity index (χ4v) is 2.49. The number of carbonyl (C=O) groups is 2. The first-order valence-corrected chi connectivity index (χ1v) is 7.08. The Labute approximate surface area is 131 Å². The predicted molar refractivity (Wildman–Crippen MR) is 79.8 cm³/mol. The smallest absolute Gasteiger partial charge is 0.335 e. The van der Waals surface area contributed by atoms with E-state index in [4.69, 9.17) is 9.84 Å². The van der Waals surface area contributed by atoms with E-state index in [-0.39, 0.29) is 23.8 Å². The van der Waals surface area contributed by atoms with Crippen molar-refractivity contribution in [2.24, 2.45) is 0 Å². The van der Waals surface area contributed by atoms with Crippen molar-refractivity contribution in [3.63, 3.8) is 0 Å². The van der Waals surface area contributed by atoms with Crippen molar-refractivity contribution < 1.29 is 23.8 Å². The highest BCUT2D eigenvalue weighted by Crippen LogP contribution is 2.31. The van der Waals surface area contributed by atoms with E-state index < -0.39 is 17.9 Å². The van der Waals surface area contributed by atoms with Gasteiger partial charge in [-0.05, 0) is 23.8 Å². The van der Waals surface area contributed by atoms with Crippen LogP contribution in [-0.4, -0.2) is 23.1 Å². The lowest BCUT2D eigenvalue weighted by molar-refractivity contribution is -0.127. The molecule has 2 aromatic carbocycles. The highest BCUT2D eigenvalue weighted by Gasteiger charge is 2.30. The molecule has 1 amide bonds. The second-order valence-electron chi connectivity index (χ2n) is 5.26. The zero-order chi connectivity index (χ0) is 16.4. The van der Waals surface area contributed by atoms with Gasteiger partial charge in [0.05, 0.1) is 5.56 Å². The molecule has 0 unspecified atom stereocenters. The van der Waals surface area contributed by atoms with Gasteiger partial charge in [-0.1, -0.05) is 24.3 Å². The summed E-state index contributed by atoms with van der Waals surface area (Å²) in [7, 11) is 0. The Morgan fingerprint density at radius 2 is 2.04 bits per heavy atom. The van der Waals surface area contributed by atoms with E-state index in [1.165, 1.54) is 18.2 Å². The molecule has 6 heteroatoms. The number of benzene rings is 2. The molecule has 1 heterocycles. The van der Waals surface area contributed by atoms with Crippen LogP contribution in [0.15, 0.2) is 42.5 Å². The maximum absolute atomic E-state index is 13.6. The first-order chi connectivity index (χ1) is 11.0. The van der Waals surface area contributed by atoms with Crippen LogP contribution in [0.3, 0.4) is 0 Å². The van der Waals surface area contributed by atoms with E-state index in [0.29, 0.717) is 17.5 Å². The van der Waals surface area contributed by atoms with Crippen molar-refractivity contribution in [2.45, 2.75) is 19.1 Å². The van der Waals surface area contributed by atoms with Crippen molar-refractivity contribution in [2.75, 3.05) is 0 Å². The van der Waals surface area contributed by atoms with E-state index >= 15 is 0 Å². The maximum Gasteiger partial charge on any atom is 0.335 e. The minimum Gasteiger partial charge on any atom is -0.478 e. The molecule has 0 aromatic heterocycles. The topological polar surface area (TPSA) is 75.6 Å². The summed E-state index contributed by atoms with van der Waals surface area (Å²) in [6.07, 6.45) is -0.460. The molecule has 2 aromatic rings. The summed E-state index contributed by atoms with van der Waals surface area (Å²) in [4.78, 5) is 23.1. The Morgan fingerprint density at radius 1 is 1.26 bits per heavy atom. The molecule has 1 atom stereocenters. The van der Waals surface area contributed by atoms with Crippen LogP contribution in [0.5, 0.6) is 5.75 Å². The quantitative estimate of drug-likeness (QED) is 0.906. The zero-order valence-corrected chi connectivity index (χ0v) is 12.1. The van der Waals surface area contributed by atoms with Gasteiger partial charge in [0.25, 0.3) is 5.91 Å². The van der Waals surface area contributed by atoms with Crippen LogP contribution in [0.4, 0.5) is 4.39 Å². The van der Waals surface area contributed by atoms with Crippen LogP contribution in [0.2, 0.25) is 0 Å². The highest BCUT2D eigenvalue weighted by molar-refractivity contribution is 5.87. The summed E-state index contributed by atoms with van der Waals surface area (Å²) in [6.45, 7) is 0.179. The Balaban J connectivity index is 1.62. The molecule has 0 bridgehead atoms. The molecular formula is C17H14FNO4. The summed E-state index contributed by atoms with van der Waals surface area (Å²) in [6, 6.07) is 10.9. The van der Waals surface area contributed by atoms with Crippen molar-refractivity contribution in [1.82, 2.24) is 5.32 Å². The van der Waals surface area contributed by atoms with Gasteiger partial charge in [0.15, 0.2) is 17.7 Å². The summed E-state index contributed by atoms with van der Waals surface area (Å²) in [5.41, 5.74) is 1.49. The lowest BCUT2D eigenvalue weighted by atomic mass is 10.1. The molecule has 0 fully saturated rings. The molecule has 3 rings (SSSR count). The number of fused-ring (bicyclic) bond motifs is 1. The maximum atomic E-state index is 13.6. The lowest BCUT2D eigenvalue weighted by Gasteiger charge is -2.11. The minimum atomic E-state index is -1.02. The fraction of sp³-hybridized carbons (Fsp3) is 0.176. The van der Waals surface area contributed by atoms with Crippen LogP contribution >= 0.6 is 0 Å². The van der Waals surface area contributed by atoms with Crippen molar-refractivity contribution in [1.29, 1.82) is 0 Å². The molecule has 1 aliphatic rings. The van der Waals surface area contributed by atoms with E-state index in [1.54, 1.807) is 24.3 Å². The average Bonchev–Trinajstić information content (AvgIpc) is 2.98. The number of para-hydroxylation sites is 1. The molecule has 118 valence electrons. The van der Waals surface area contributed by atoms with E-state index in [2.05, 4.69) is 5.32 Å². The molecule has 0 radical (unpaired) electrons. The molecular weight excluding hydrogens is 301 g/mol. The normalized spacial score (nSPS) is 15.6. The Morgan fingerprint density at radius 3 is 2.78 bits per heavy atom. The van der Waals surface area contributed by atoms with Crippen LogP contribution in [-0.2, 0) is 17.8 Å². The summed E-state index contributed by atoms with van der Waals surface area (Å²) in [5, 5.41) is 11.6. The van der Waals surface area contributed by atoms with Crippen LogP contribution < -0.4 is 10.1 Å². The van der Waals surface area contributed by atoms with Gasteiger partial charge in [0, 0.05) is 18.5 Å². The van der Waals surface area contributed by atoms with Gasteiger partial charge < -0.3 is 15.2 Å². The fourth-order valence-electron chi connectivity index (χ4n) is 2.49. The van der Waals surface area contributed by atoms with E-state index in [0.717, 1.165) is 0 Å². The third-order valence-electron chi connectivity index (χ3n) is 3.65. The number of hydrogen-bond donors (Lipinski definition) is 2. The standard InChI is InChI=1S/C17H14FNO4/c18-13-6-2-4-11-8-14(23-15(11)13)16(20)19-9-10-3-1-5-12(7-10)17(21)22/h1-7,14H,8-9H2,(H,19,20)(H,21,22)/t14-/m1/s1. The second kappa shape index (κ2) is 6.08. The van der Waals surface area contributed by atoms with Gasteiger partial charge in [-0.25, -0.2) is 9.18 Å². The van der Waals surface area contributed by atoms with Crippen molar-refractivity contribution in [3.8, 4) is 5.75 Å². The van der Waals surface area contributed by atoms with E-state index in [9.17, 15) is 14.0 Å². The average molecular weight is 315 g/mol. The summed E-state index contributed by atoms with van der Waals surface area (Å²) in [5.74, 6) is -1.74. The molecule has 0 saturated carbocycles. The SMILES string of the molecule is O=C(O)c1cccc(CNC(=O)[C@H]2Cc3cccc(F)c3O2)c1. The number of carboxylic acid groups (broad SMARTS) is 1. The minimum absolute atomic E-state index is 0.125. The monoisotopic (exact) mass is 315 g/mol. The number of nitrogens with one attached hydrogen (secondary N) is 1. The summed E-state index contributed by atoms with van der Waals surface area (Å²) < 4.78 is 19.0. The van der Waals surface area contributed by atoms with Gasteiger partial charge >= 0.3 is 5.97 Å². The number of halogens is 1. The zero-order valence-electron chi connectivity index (χ0n) is 12.1. The third-order valence-corrected chi connectivity index (χ3v) is 3.65. The number of amides is 1. The number of carbonyl (C=O) groups excluding carboxylic acids is 1. The number of aromatic carboxylic acids is 1. The Hall–Kier alpha value is -2.89. The number of hydrogen-bond acceptors (Lipinski definition) is 3. The van der Waals surface area contributed by atoms with Crippen molar-refractivity contribution >= 4 is 11.9 Å². The van der Waals surface area contributed by atoms with Crippen LogP contribution in [0, 0.1) is 5.82 Å². The number of ether oxygens (including phenoxy) is 1.